The third-order valence-electron chi connectivity index (χ3n) is 3.82. The second-order valence-electron chi connectivity index (χ2n) is 5.19. The lowest BCUT2D eigenvalue weighted by molar-refractivity contribution is 0.751. The zero-order chi connectivity index (χ0) is 14.9. The molecule has 0 N–H and O–H groups in total. The first kappa shape index (κ1) is 12.7. The molecule has 0 radical (unpaired) electrons. The fraction of sp³-hybridized carbons (Fsp3) is 0.0556. The van der Waals surface area contributed by atoms with E-state index in [1.165, 1.54) is 5.39 Å². The van der Waals surface area contributed by atoms with Gasteiger partial charge < -0.3 is 0 Å². The third-order valence-corrected chi connectivity index (χ3v) is 3.82. The lowest BCUT2D eigenvalue weighted by Crippen LogP contribution is -2.21. The summed E-state index contributed by atoms with van der Waals surface area (Å²) in [5.74, 6) is 0. The molecule has 106 valence electrons. The molecule has 4 rings (SSSR count). The van der Waals surface area contributed by atoms with E-state index in [2.05, 4.69) is 28.2 Å². The Labute approximate surface area is 126 Å². The van der Waals surface area contributed by atoms with E-state index in [1.54, 1.807) is 29.2 Å². The summed E-state index contributed by atoms with van der Waals surface area (Å²) in [5, 5.41) is 2.87. The van der Waals surface area contributed by atoms with Gasteiger partial charge in [-0.2, -0.15) is 0 Å². The molecule has 0 spiro atoms. The summed E-state index contributed by atoms with van der Waals surface area (Å²) in [5.41, 5.74) is 1.53. The van der Waals surface area contributed by atoms with Gasteiger partial charge in [0.25, 0.3) is 5.56 Å². The van der Waals surface area contributed by atoms with Crippen LogP contribution in [0.3, 0.4) is 0 Å². The van der Waals surface area contributed by atoms with Gasteiger partial charge in [0, 0.05) is 6.20 Å². The lowest BCUT2D eigenvalue weighted by Gasteiger charge is -2.09. The molecule has 4 heteroatoms. The number of pyridine rings is 1. The molecule has 0 amide bonds. The zero-order valence-corrected chi connectivity index (χ0v) is 11.8. The monoisotopic (exact) mass is 287 g/mol. The lowest BCUT2D eigenvalue weighted by atomic mass is 10.0. The summed E-state index contributed by atoms with van der Waals surface area (Å²) in [6.07, 6.45) is 3.21. The van der Waals surface area contributed by atoms with Crippen LogP contribution in [0.15, 0.2) is 71.9 Å². The van der Waals surface area contributed by atoms with Crippen molar-refractivity contribution >= 4 is 21.8 Å². The predicted octanol–water partition coefficient (Wildman–Crippen LogP) is 2.99. The van der Waals surface area contributed by atoms with Gasteiger partial charge in [-0.05, 0) is 28.5 Å². The van der Waals surface area contributed by atoms with Gasteiger partial charge in [-0.3, -0.25) is 9.36 Å². The Kier molecular flexibility index (Phi) is 2.93. The number of benzene rings is 2. The molecule has 4 nitrogen and oxygen atoms in total. The minimum Gasteiger partial charge on any atom is -0.294 e. The number of rotatable bonds is 2. The van der Waals surface area contributed by atoms with E-state index in [9.17, 15) is 4.79 Å². The van der Waals surface area contributed by atoms with Crippen LogP contribution in [0.1, 0.15) is 5.56 Å². The number of hydrogen-bond acceptors (Lipinski definition) is 3. The topological polar surface area (TPSA) is 47.8 Å². The Morgan fingerprint density at radius 3 is 2.64 bits per heavy atom. The second kappa shape index (κ2) is 5.07. The van der Waals surface area contributed by atoms with E-state index in [-0.39, 0.29) is 5.56 Å². The average molecular weight is 287 g/mol. The van der Waals surface area contributed by atoms with Crippen molar-refractivity contribution in [3.63, 3.8) is 0 Å². The van der Waals surface area contributed by atoms with Crippen molar-refractivity contribution in [2.75, 3.05) is 0 Å². The van der Waals surface area contributed by atoms with Gasteiger partial charge in [0.2, 0.25) is 0 Å². The van der Waals surface area contributed by atoms with E-state index in [0.29, 0.717) is 17.6 Å². The minimum absolute atomic E-state index is 0.0639. The van der Waals surface area contributed by atoms with Crippen LogP contribution >= 0.6 is 0 Å². The highest BCUT2D eigenvalue weighted by molar-refractivity contribution is 5.85. The smallest absolute Gasteiger partial charge is 0.263 e. The number of aromatic nitrogens is 3. The van der Waals surface area contributed by atoms with Crippen molar-refractivity contribution in [3.8, 4) is 0 Å². The molecule has 0 unspecified atom stereocenters. The van der Waals surface area contributed by atoms with E-state index in [0.717, 1.165) is 10.9 Å². The number of nitrogens with zero attached hydrogens (tertiary/aromatic N) is 3. The van der Waals surface area contributed by atoms with E-state index in [1.807, 2.05) is 24.3 Å². The van der Waals surface area contributed by atoms with Gasteiger partial charge in [0.15, 0.2) is 5.65 Å². The highest BCUT2D eigenvalue weighted by Crippen LogP contribution is 2.19. The number of hydrogen-bond donors (Lipinski definition) is 0. The van der Waals surface area contributed by atoms with Crippen LogP contribution in [0.4, 0.5) is 0 Å². The third kappa shape index (κ3) is 2.05. The first-order valence-corrected chi connectivity index (χ1v) is 7.10. The van der Waals surface area contributed by atoms with Crippen molar-refractivity contribution in [3.05, 3.63) is 83.0 Å². The maximum absolute atomic E-state index is 12.6. The van der Waals surface area contributed by atoms with Crippen LogP contribution in [0.25, 0.3) is 21.8 Å². The molecule has 0 aliphatic heterocycles. The highest BCUT2D eigenvalue weighted by Gasteiger charge is 2.06. The first-order valence-electron chi connectivity index (χ1n) is 7.10. The summed E-state index contributed by atoms with van der Waals surface area (Å²) in [7, 11) is 0. The Bertz CT molecular complexity index is 1030. The molecule has 22 heavy (non-hydrogen) atoms. The largest absolute Gasteiger partial charge is 0.294 e. The van der Waals surface area contributed by atoms with Crippen molar-refractivity contribution < 1.29 is 0 Å². The Balaban J connectivity index is 1.86. The molecule has 0 saturated heterocycles. The highest BCUT2D eigenvalue weighted by atomic mass is 16.1. The normalized spacial score (nSPS) is 11.1. The summed E-state index contributed by atoms with van der Waals surface area (Å²) in [6.45, 7) is 0.498. The summed E-state index contributed by atoms with van der Waals surface area (Å²) in [6, 6.07) is 17.8. The molecule has 2 aromatic carbocycles. The fourth-order valence-electron chi connectivity index (χ4n) is 2.72. The Hall–Kier alpha value is -3.01. The maximum Gasteiger partial charge on any atom is 0.263 e. The molecule has 2 aromatic heterocycles. The van der Waals surface area contributed by atoms with Gasteiger partial charge in [-0.15, -0.1) is 0 Å². The maximum atomic E-state index is 12.6. The molecule has 2 heterocycles. The average Bonchev–Trinajstić information content (AvgIpc) is 2.58. The molecule has 0 atom stereocenters. The fourth-order valence-corrected chi connectivity index (χ4v) is 2.72. The van der Waals surface area contributed by atoms with Crippen LogP contribution in [-0.2, 0) is 6.54 Å². The number of fused-ring (bicyclic) bond motifs is 2. The van der Waals surface area contributed by atoms with Crippen molar-refractivity contribution in [1.29, 1.82) is 0 Å². The molecule has 0 bridgehead atoms. The second-order valence-corrected chi connectivity index (χ2v) is 5.19. The van der Waals surface area contributed by atoms with Gasteiger partial charge in [-0.1, -0.05) is 42.5 Å². The molecule has 0 aliphatic carbocycles. The Morgan fingerprint density at radius 1 is 0.864 bits per heavy atom. The molecule has 0 fully saturated rings. The molecule has 4 aromatic rings. The first-order chi connectivity index (χ1) is 10.8. The van der Waals surface area contributed by atoms with Crippen LogP contribution in [-0.4, -0.2) is 14.5 Å². The minimum atomic E-state index is -0.0639. The van der Waals surface area contributed by atoms with Crippen molar-refractivity contribution in [1.82, 2.24) is 14.5 Å². The van der Waals surface area contributed by atoms with Gasteiger partial charge in [-0.25, -0.2) is 9.97 Å². The zero-order valence-electron chi connectivity index (χ0n) is 11.8. The summed E-state index contributed by atoms with van der Waals surface area (Å²) in [4.78, 5) is 20.9. The molecular weight excluding hydrogens is 274 g/mol. The van der Waals surface area contributed by atoms with Crippen LogP contribution < -0.4 is 5.56 Å². The van der Waals surface area contributed by atoms with E-state index in [4.69, 9.17) is 0 Å². The van der Waals surface area contributed by atoms with Gasteiger partial charge in [0.1, 0.15) is 6.33 Å². The molecule has 0 aliphatic rings. The van der Waals surface area contributed by atoms with Gasteiger partial charge in [0.05, 0.1) is 11.9 Å². The molecular formula is C18H13N3O. The van der Waals surface area contributed by atoms with Crippen LogP contribution in [0.5, 0.6) is 0 Å². The van der Waals surface area contributed by atoms with Gasteiger partial charge >= 0.3 is 0 Å². The summed E-state index contributed by atoms with van der Waals surface area (Å²) >= 11 is 0. The molecule has 0 saturated carbocycles. The quantitative estimate of drug-likeness (QED) is 0.569. The SMILES string of the molecule is O=c1c2cccnc2ncn1Cc1cccc2ccccc12. The van der Waals surface area contributed by atoms with Crippen molar-refractivity contribution in [2.45, 2.75) is 6.54 Å². The van der Waals surface area contributed by atoms with E-state index < -0.39 is 0 Å². The Morgan fingerprint density at radius 2 is 1.68 bits per heavy atom. The predicted molar refractivity (Wildman–Crippen MR) is 86.8 cm³/mol. The standard InChI is InChI=1S/C18H13N3O/c22-18-16-9-4-10-19-17(16)20-12-21(18)11-14-7-3-6-13-5-1-2-8-15(13)14/h1-10,12H,11H2. The van der Waals surface area contributed by atoms with E-state index >= 15 is 0 Å². The van der Waals surface area contributed by atoms with Crippen LogP contribution in [0, 0.1) is 0 Å². The summed E-state index contributed by atoms with van der Waals surface area (Å²) < 4.78 is 1.63. The van der Waals surface area contributed by atoms with Crippen LogP contribution in [0.2, 0.25) is 0 Å². The van der Waals surface area contributed by atoms with Crippen molar-refractivity contribution in [2.24, 2.45) is 0 Å².